The molecule has 1 aliphatic carbocycles. The minimum Gasteiger partial charge on any atom is -0.397 e. The third-order valence-corrected chi connectivity index (χ3v) is 4.14. The number of carbonyl (C=O) groups excluding carboxylic acids is 1. The van der Waals surface area contributed by atoms with Gasteiger partial charge in [-0.05, 0) is 30.5 Å². The summed E-state index contributed by atoms with van der Waals surface area (Å²) in [6.45, 7) is 0.923. The molecular formula is C16H25N3O. The molecule has 0 aromatic heterocycles. The molecule has 4 N–H and O–H groups in total. The number of rotatable bonds is 5. The molecule has 1 saturated carbocycles. The van der Waals surface area contributed by atoms with Gasteiger partial charge in [-0.25, -0.2) is 0 Å². The zero-order chi connectivity index (χ0) is 14.4. The van der Waals surface area contributed by atoms with E-state index in [0.717, 1.165) is 18.2 Å². The van der Waals surface area contributed by atoms with Gasteiger partial charge in [0, 0.05) is 19.2 Å². The Hall–Kier alpha value is -1.71. The summed E-state index contributed by atoms with van der Waals surface area (Å²) >= 11 is 0. The first-order valence-electron chi connectivity index (χ1n) is 7.56. The zero-order valence-corrected chi connectivity index (χ0v) is 12.2. The van der Waals surface area contributed by atoms with Gasteiger partial charge in [-0.1, -0.05) is 32.1 Å². The number of nitrogen functional groups attached to an aromatic ring is 1. The number of benzene rings is 1. The Labute approximate surface area is 121 Å². The molecule has 0 radical (unpaired) electrons. The van der Waals surface area contributed by atoms with E-state index in [1.807, 2.05) is 6.07 Å². The second-order valence-electron chi connectivity index (χ2n) is 5.60. The van der Waals surface area contributed by atoms with Crippen LogP contribution in [0.5, 0.6) is 0 Å². The van der Waals surface area contributed by atoms with E-state index >= 15 is 0 Å². The molecule has 1 fully saturated rings. The van der Waals surface area contributed by atoms with Crippen molar-refractivity contribution in [2.75, 3.05) is 24.6 Å². The van der Waals surface area contributed by atoms with Gasteiger partial charge in [0.1, 0.15) is 0 Å². The van der Waals surface area contributed by atoms with Crippen molar-refractivity contribution in [2.24, 2.45) is 5.92 Å². The largest absolute Gasteiger partial charge is 0.397 e. The van der Waals surface area contributed by atoms with E-state index in [1.54, 1.807) is 19.2 Å². The van der Waals surface area contributed by atoms with Crippen LogP contribution < -0.4 is 16.4 Å². The summed E-state index contributed by atoms with van der Waals surface area (Å²) in [5, 5.41) is 6.00. The molecule has 0 heterocycles. The Morgan fingerprint density at radius 2 is 2.05 bits per heavy atom. The molecule has 1 aromatic rings. The first-order chi connectivity index (χ1) is 9.70. The van der Waals surface area contributed by atoms with Crippen LogP contribution >= 0.6 is 0 Å². The van der Waals surface area contributed by atoms with Crippen molar-refractivity contribution in [1.82, 2.24) is 5.32 Å². The van der Waals surface area contributed by atoms with E-state index in [2.05, 4.69) is 10.6 Å². The van der Waals surface area contributed by atoms with Crippen LogP contribution in [0.4, 0.5) is 11.4 Å². The minimum absolute atomic E-state index is 0.0830. The minimum atomic E-state index is -0.0830. The highest BCUT2D eigenvalue weighted by Crippen LogP contribution is 2.27. The van der Waals surface area contributed by atoms with Crippen LogP contribution in [-0.4, -0.2) is 19.5 Å². The van der Waals surface area contributed by atoms with Crippen LogP contribution in [0.25, 0.3) is 0 Å². The molecule has 1 aliphatic rings. The number of nitrogens with one attached hydrogen (secondary N) is 2. The number of carbonyl (C=O) groups is 1. The molecule has 0 atom stereocenters. The molecule has 4 nitrogen and oxygen atoms in total. The van der Waals surface area contributed by atoms with E-state index in [0.29, 0.717) is 11.3 Å². The third kappa shape index (κ3) is 3.89. The summed E-state index contributed by atoms with van der Waals surface area (Å²) in [6.07, 6.45) is 8.04. The van der Waals surface area contributed by atoms with Gasteiger partial charge in [-0.2, -0.15) is 0 Å². The van der Waals surface area contributed by atoms with Gasteiger partial charge >= 0.3 is 0 Å². The van der Waals surface area contributed by atoms with Crippen molar-refractivity contribution in [2.45, 2.75) is 38.5 Å². The highest BCUT2D eigenvalue weighted by Gasteiger charge is 2.13. The molecule has 4 heteroatoms. The van der Waals surface area contributed by atoms with Crippen LogP contribution in [-0.2, 0) is 0 Å². The average Bonchev–Trinajstić information content (AvgIpc) is 2.49. The molecule has 1 aromatic carbocycles. The maximum Gasteiger partial charge on any atom is 0.251 e. The predicted octanol–water partition coefficient (Wildman–Crippen LogP) is 3.01. The van der Waals surface area contributed by atoms with Gasteiger partial charge in [0.2, 0.25) is 0 Å². The first kappa shape index (κ1) is 14.7. The summed E-state index contributed by atoms with van der Waals surface area (Å²) < 4.78 is 0. The molecular weight excluding hydrogens is 250 g/mol. The Kier molecular flexibility index (Phi) is 5.27. The van der Waals surface area contributed by atoms with Gasteiger partial charge in [-0.3, -0.25) is 4.79 Å². The van der Waals surface area contributed by atoms with Crippen molar-refractivity contribution in [3.8, 4) is 0 Å². The van der Waals surface area contributed by atoms with Crippen molar-refractivity contribution in [1.29, 1.82) is 0 Å². The molecule has 2 rings (SSSR count). The lowest BCUT2D eigenvalue weighted by molar-refractivity contribution is 0.0963. The smallest absolute Gasteiger partial charge is 0.251 e. The van der Waals surface area contributed by atoms with E-state index < -0.39 is 0 Å². The SMILES string of the molecule is CNC(=O)c1ccc(N)c(NCCC2CCCCC2)c1. The summed E-state index contributed by atoms with van der Waals surface area (Å²) in [4.78, 5) is 11.6. The van der Waals surface area contributed by atoms with Crippen LogP contribution in [0.3, 0.4) is 0 Å². The normalized spacial score (nSPS) is 15.8. The Balaban J connectivity index is 1.89. The highest BCUT2D eigenvalue weighted by molar-refractivity contribution is 5.96. The summed E-state index contributed by atoms with van der Waals surface area (Å²) in [5.74, 6) is 0.764. The molecule has 0 unspecified atom stereocenters. The summed E-state index contributed by atoms with van der Waals surface area (Å²) in [6, 6.07) is 5.36. The number of anilines is 2. The Morgan fingerprint density at radius 1 is 1.30 bits per heavy atom. The lowest BCUT2D eigenvalue weighted by Crippen LogP contribution is -2.18. The van der Waals surface area contributed by atoms with Crippen molar-refractivity contribution < 1.29 is 4.79 Å². The lowest BCUT2D eigenvalue weighted by Gasteiger charge is -2.22. The van der Waals surface area contributed by atoms with Crippen LogP contribution in [0, 0.1) is 5.92 Å². The zero-order valence-electron chi connectivity index (χ0n) is 12.2. The second kappa shape index (κ2) is 7.17. The van der Waals surface area contributed by atoms with E-state index in [4.69, 9.17) is 5.73 Å². The number of amides is 1. The standard InChI is InChI=1S/C16H25N3O/c1-18-16(20)13-7-8-14(17)15(11-13)19-10-9-12-5-3-2-4-6-12/h7-8,11-12,19H,2-6,9-10,17H2,1H3,(H,18,20). The fourth-order valence-corrected chi connectivity index (χ4v) is 2.88. The maximum absolute atomic E-state index is 11.6. The van der Waals surface area contributed by atoms with Gasteiger partial charge in [0.25, 0.3) is 5.91 Å². The van der Waals surface area contributed by atoms with Crippen LogP contribution in [0.1, 0.15) is 48.9 Å². The Morgan fingerprint density at radius 3 is 2.75 bits per heavy atom. The van der Waals surface area contributed by atoms with E-state index in [1.165, 1.54) is 38.5 Å². The van der Waals surface area contributed by atoms with Crippen molar-refractivity contribution in [3.05, 3.63) is 23.8 Å². The fourth-order valence-electron chi connectivity index (χ4n) is 2.88. The molecule has 110 valence electrons. The van der Waals surface area contributed by atoms with E-state index in [-0.39, 0.29) is 5.91 Å². The summed E-state index contributed by atoms with van der Waals surface area (Å²) in [5.41, 5.74) is 8.16. The van der Waals surface area contributed by atoms with E-state index in [9.17, 15) is 4.79 Å². The Bertz CT molecular complexity index is 453. The number of hydrogen-bond donors (Lipinski definition) is 3. The predicted molar refractivity (Wildman–Crippen MR) is 83.9 cm³/mol. The van der Waals surface area contributed by atoms with Crippen LogP contribution in [0.2, 0.25) is 0 Å². The fraction of sp³-hybridized carbons (Fsp3) is 0.562. The van der Waals surface area contributed by atoms with Gasteiger partial charge in [0.15, 0.2) is 0 Å². The molecule has 1 amide bonds. The lowest BCUT2D eigenvalue weighted by atomic mass is 9.87. The van der Waals surface area contributed by atoms with Crippen molar-refractivity contribution >= 4 is 17.3 Å². The summed E-state index contributed by atoms with van der Waals surface area (Å²) in [7, 11) is 1.63. The van der Waals surface area contributed by atoms with Gasteiger partial charge in [0.05, 0.1) is 11.4 Å². The third-order valence-electron chi connectivity index (χ3n) is 4.14. The molecule has 20 heavy (non-hydrogen) atoms. The van der Waals surface area contributed by atoms with Crippen molar-refractivity contribution in [3.63, 3.8) is 0 Å². The van der Waals surface area contributed by atoms with Gasteiger partial charge in [-0.15, -0.1) is 0 Å². The van der Waals surface area contributed by atoms with Gasteiger partial charge < -0.3 is 16.4 Å². The monoisotopic (exact) mass is 275 g/mol. The topological polar surface area (TPSA) is 67.2 Å². The van der Waals surface area contributed by atoms with Crippen LogP contribution in [0.15, 0.2) is 18.2 Å². The number of hydrogen-bond acceptors (Lipinski definition) is 3. The average molecular weight is 275 g/mol. The second-order valence-corrected chi connectivity index (χ2v) is 5.60. The quantitative estimate of drug-likeness (QED) is 0.724. The molecule has 0 bridgehead atoms. The number of nitrogens with two attached hydrogens (primary N) is 1. The highest BCUT2D eigenvalue weighted by atomic mass is 16.1. The maximum atomic E-state index is 11.6. The molecule has 0 saturated heterocycles. The molecule has 0 spiro atoms. The first-order valence-corrected chi connectivity index (χ1v) is 7.56. The molecule has 0 aliphatic heterocycles.